The van der Waals surface area contributed by atoms with Gasteiger partial charge in [0.05, 0.1) is 5.92 Å². The summed E-state index contributed by atoms with van der Waals surface area (Å²) in [7, 11) is 7.59. The van der Waals surface area contributed by atoms with Crippen molar-refractivity contribution in [2.45, 2.75) is 68.4 Å². The van der Waals surface area contributed by atoms with Gasteiger partial charge in [0.25, 0.3) is 0 Å². The highest BCUT2D eigenvalue weighted by Crippen LogP contribution is 2.52. The molecule has 1 aliphatic carbocycles. The molecular formula is C36H48N6O3. The second kappa shape index (κ2) is 12.5. The second-order valence-electron chi connectivity index (χ2n) is 13.9. The minimum atomic E-state index is -0.714. The molecule has 1 spiro atoms. The number of benzene rings is 2. The molecule has 2 fully saturated rings. The fourth-order valence-corrected chi connectivity index (χ4v) is 8.16. The number of H-pyrrole nitrogens is 1. The average Bonchev–Trinajstić information content (AvgIpc) is 3.62. The number of amides is 4. The van der Waals surface area contributed by atoms with Gasteiger partial charge in [-0.3, -0.25) is 9.59 Å². The van der Waals surface area contributed by atoms with Crippen LogP contribution in [0.3, 0.4) is 0 Å². The number of nitrogens with zero attached hydrogens (tertiary/aromatic N) is 4. The Hall–Kier alpha value is -3.85. The molecule has 3 aliphatic rings. The summed E-state index contributed by atoms with van der Waals surface area (Å²) in [6.45, 7) is 5.09. The fraction of sp³-hybridized carbons (Fsp3) is 0.528. The maximum Gasteiger partial charge on any atom is 0.318 e. The van der Waals surface area contributed by atoms with Crippen LogP contribution in [0.25, 0.3) is 10.9 Å². The molecule has 6 rings (SSSR count). The number of rotatable bonds is 6. The van der Waals surface area contributed by atoms with Crippen LogP contribution in [-0.2, 0) is 15.0 Å². The van der Waals surface area contributed by atoms with Crippen molar-refractivity contribution in [2.75, 3.05) is 54.4 Å². The first-order chi connectivity index (χ1) is 21.6. The first-order valence-electron chi connectivity index (χ1n) is 16.5. The molecule has 3 heterocycles. The largest absolute Gasteiger partial charge is 0.361 e. The molecule has 2 N–H and O–H groups in total. The quantitative estimate of drug-likeness (QED) is 0.429. The van der Waals surface area contributed by atoms with E-state index in [9.17, 15) is 14.4 Å². The standard InChI is InChI=1S/C36H48N6O3/c1-24(29-22-37-31-15-9-7-13-27(29)31)32(38-35(45)41(5)25-11-10-18-40(4)23-25)34(44)42-19-16-36(17-20-42)21-28(33(43)39(2)3)26-12-6-8-14-30(26)36/h6-9,12-15,22,24-25,28,32,37H,10-11,16-21,23H2,1-5H3,(H,38,45)/t24-,25-,28-,32-/m1/s1. The summed E-state index contributed by atoms with van der Waals surface area (Å²) in [6.07, 6.45) is 6.35. The van der Waals surface area contributed by atoms with Gasteiger partial charge in [-0.1, -0.05) is 49.4 Å². The summed E-state index contributed by atoms with van der Waals surface area (Å²) in [5.74, 6) is -0.300. The normalized spacial score (nSPS) is 22.6. The fourth-order valence-electron chi connectivity index (χ4n) is 8.16. The Bertz CT molecular complexity index is 1560. The van der Waals surface area contributed by atoms with Crippen molar-refractivity contribution in [3.05, 3.63) is 71.4 Å². The van der Waals surface area contributed by atoms with Crippen LogP contribution in [0, 0.1) is 0 Å². The molecule has 0 bridgehead atoms. The first-order valence-corrected chi connectivity index (χ1v) is 16.5. The zero-order valence-corrected chi connectivity index (χ0v) is 27.4. The molecule has 3 aromatic rings. The Kier molecular flexibility index (Phi) is 8.66. The SMILES string of the molecule is C[C@H](c1c[nH]c2ccccc12)[C@@H](NC(=O)N(C)[C@@H]1CCCN(C)C1)C(=O)N1CCC2(CC1)C[C@@H](C(=O)N(C)C)c1ccccc12. The molecular weight excluding hydrogens is 564 g/mol. The molecule has 4 atom stereocenters. The van der Waals surface area contributed by atoms with Crippen molar-refractivity contribution in [1.29, 1.82) is 0 Å². The highest BCUT2D eigenvalue weighted by Gasteiger charge is 2.49. The van der Waals surface area contributed by atoms with Crippen molar-refractivity contribution < 1.29 is 14.4 Å². The second-order valence-corrected chi connectivity index (χ2v) is 13.9. The number of likely N-dealkylation sites (N-methyl/N-ethyl adjacent to an activating group) is 3. The van der Waals surface area contributed by atoms with E-state index < -0.39 is 6.04 Å². The lowest BCUT2D eigenvalue weighted by Gasteiger charge is -2.42. The number of hydrogen-bond donors (Lipinski definition) is 2. The van der Waals surface area contributed by atoms with E-state index in [1.165, 1.54) is 5.56 Å². The molecule has 240 valence electrons. The van der Waals surface area contributed by atoms with Crippen LogP contribution in [0.1, 0.15) is 67.6 Å². The van der Waals surface area contributed by atoms with Gasteiger partial charge >= 0.3 is 6.03 Å². The number of fused-ring (bicyclic) bond motifs is 3. The number of carbonyl (C=O) groups excluding carboxylic acids is 3. The smallest absolute Gasteiger partial charge is 0.318 e. The van der Waals surface area contributed by atoms with Crippen LogP contribution in [0.2, 0.25) is 0 Å². The van der Waals surface area contributed by atoms with Crippen molar-refractivity contribution >= 4 is 28.7 Å². The summed E-state index contributed by atoms with van der Waals surface area (Å²) >= 11 is 0. The van der Waals surface area contributed by atoms with Gasteiger partial charge < -0.3 is 29.9 Å². The van der Waals surface area contributed by atoms with Gasteiger partial charge in [-0.15, -0.1) is 0 Å². The number of likely N-dealkylation sites (tertiary alicyclic amines) is 2. The van der Waals surface area contributed by atoms with Gasteiger partial charge in [0.15, 0.2) is 0 Å². The molecule has 0 unspecified atom stereocenters. The van der Waals surface area contributed by atoms with Crippen LogP contribution < -0.4 is 5.32 Å². The van der Waals surface area contributed by atoms with Crippen molar-refractivity contribution in [1.82, 2.24) is 29.9 Å². The van der Waals surface area contributed by atoms with Gasteiger partial charge in [-0.2, -0.15) is 0 Å². The van der Waals surface area contributed by atoms with Crippen LogP contribution >= 0.6 is 0 Å². The minimum Gasteiger partial charge on any atom is -0.361 e. The number of aromatic nitrogens is 1. The Balaban J connectivity index is 1.23. The maximum atomic E-state index is 14.5. The van der Waals surface area contributed by atoms with E-state index in [0.717, 1.165) is 67.2 Å². The zero-order valence-electron chi connectivity index (χ0n) is 27.4. The van der Waals surface area contributed by atoms with Crippen molar-refractivity contribution in [3.8, 4) is 0 Å². The summed E-state index contributed by atoms with van der Waals surface area (Å²) in [5, 5.41) is 4.27. The molecule has 2 saturated heterocycles. The molecule has 2 aliphatic heterocycles. The van der Waals surface area contributed by atoms with Crippen LogP contribution in [0.15, 0.2) is 54.7 Å². The van der Waals surface area contributed by atoms with E-state index in [1.807, 2.05) is 63.4 Å². The predicted molar refractivity (Wildman–Crippen MR) is 177 cm³/mol. The van der Waals surface area contributed by atoms with Crippen LogP contribution in [-0.4, -0.2) is 109 Å². The number of aromatic amines is 1. The van der Waals surface area contributed by atoms with Crippen LogP contribution in [0.4, 0.5) is 4.79 Å². The topological polar surface area (TPSA) is 92.0 Å². The number of nitrogens with one attached hydrogen (secondary N) is 2. The molecule has 1 aromatic heterocycles. The summed E-state index contributed by atoms with van der Waals surface area (Å²) in [5.41, 5.74) is 4.30. The van der Waals surface area contributed by atoms with Crippen LogP contribution in [0.5, 0.6) is 0 Å². The first kappa shape index (κ1) is 31.1. The molecule has 0 radical (unpaired) electrons. The summed E-state index contributed by atoms with van der Waals surface area (Å²) < 4.78 is 0. The van der Waals surface area contributed by atoms with Crippen molar-refractivity contribution in [2.24, 2.45) is 0 Å². The van der Waals surface area contributed by atoms with Crippen molar-refractivity contribution in [3.63, 3.8) is 0 Å². The average molecular weight is 613 g/mol. The zero-order chi connectivity index (χ0) is 31.9. The minimum absolute atomic E-state index is 0.0441. The third-order valence-corrected chi connectivity index (χ3v) is 10.9. The Morgan fingerprint density at radius 2 is 1.71 bits per heavy atom. The number of hydrogen-bond acceptors (Lipinski definition) is 4. The van der Waals surface area contributed by atoms with Gasteiger partial charge in [0, 0.05) is 75.3 Å². The number of piperidine rings is 2. The Morgan fingerprint density at radius 1 is 1.00 bits per heavy atom. The predicted octanol–water partition coefficient (Wildman–Crippen LogP) is 4.51. The van der Waals surface area contributed by atoms with Gasteiger partial charge in [0.2, 0.25) is 11.8 Å². The Morgan fingerprint density at radius 3 is 2.44 bits per heavy atom. The Labute approximate surface area is 266 Å². The van der Waals surface area contributed by atoms with E-state index in [1.54, 1.807) is 9.80 Å². The van der Waals surface area contributed by atoms with Gasteiger partial charge in [-0.25, -0.2) is 4.79 Å². The lowest BCUT2D eigenvalue weighted by atomic mass is 9.73. The van der Waals surface area contributed by atoms with E-state index >= 15 is 0 Å². The molecule has 9 nitrogen and oxygen atoms in total. The number of urea groups is 1. The highest BCUT2D eigenvalue weighted by molar-refractivity contribution is 5.90. The van der Waals surface area contributed by atoms with E-state index in [-0.39, 0.29) is 41.1 Å². The van der Waals surface area contributed by atoms with Gasteiger partial charge in [0.1, 0.15) is 6.04 Å². The lowest BCUT2D eigenvalue weighted by molar-refractivity contribution is -0.136. The molecule has 9 heteroatoms. The molecule has 4 amide bonds. The van der Waals surface area contributed by atoms with E-state index in [0.29, 0.717) is 13.1 Å². The monoisotopic (exact) mass is 612 g/mol. The third kappa shape index (κ3) is 5.83. The molecule has 45 heavy (non-hydrogen) atoms. The van der Waals surface area contributed by atoms with E-state index in [2.05, 4.69) is 46.5 Å². The maximum absolute atomic E-state index is 14.5. The third-order valence-electron chi connectivity index (χ3n) is 10.9. The number of para-hydroxylation sites is 1. The lowest BCUT2D eigenvalue weighted by Crippen LogP contribution is -2.58. The van der Waals surface area contributed by atoms with Gasteiger partial charge in [-0.05, 0) is 68.5 Å². The highest BCUT2D eigenvalue weighted by atomic mass is 16.2. The molecule has 2 aromatic carbocycles. The molecule has 0 saturated carbocycles. The van der Waals surface area contributed by atoms with E-state index in [4.69, 9.17) is 0 Å². The summed E-state index contributed by atoms with van der Waals surface area (Å²) in [6, 6.07) is 15.7. The number of carbonyl (C=O) groups is 3. The summed E-state index contributed by atoms with van der Waals surface area (Å²) in [4.78, 5) is 52.5.